The first-order valence-corrected chi connectivity index (χ1v) is 6.74. The number of rotatable bonds is 2. The molecule has 1 amide bonds. The highest BCUT2D eigenvalue weighted by atomic mass is 16.3. The molecule has 4 heteroatoms. The van der Waals surface area contributed by atoms with E-state index in [1.54, 1.807) is 12.1 Å². The fraction of sp³-hybridized carbons (Fsp3) is 0.467. The van der Waals surface area contributed by atoms with Crippen molar-refractivity contribution in [3.05, 3.63) is 29.8 Å². The number of nitrogens with one attached hydrogen (secondary N) is 1. The average molecular weight is 260 g/mol. The molecule has 2 rings (SSSR count). The van der Waals surface area contributed by atoms with Crippen LogP contribution >= 0.6 is 0 Å². The average Bonchev–Trinajstić information content (AvgIpc) is 2.38. The molecule has 2 N–H and O–H groups in total. The highest BCUT2D eigenvalue weighted by molar-refractivity contribution is 5.96. The third kappa shape index (κ3) is 3.34. The molecule has 2 atom stereocenters. The molecule has 4 nitrogen and oxygen atoms in total. The molecule has 102 valence electrons. The van der Waals surface area contributed by atoms with Crippen LogP contribution in [-0.2, 0) is 0 Å². The lowest BCUT2D eigenvalue weighted by Gasteiger charge is -2.26. The van der Waals surface area contributed by atoms with Crippen molar-refractivity contribution in [3.8, 4) is 5.75 Å². The smallest absolute Gasteiger partial charge is 0.271 e. The van der Waals surface area contributed by atoms with E-state index in [9.17, 15) is 9.90 Å². The molecule has 0 radical (unpaired) electrons. The highest BCUT2D eigenvalue weighted by Gasteiger charge is 2.23. The Morgan fingerprint density at radius 1 is 1.21 bits per heavy atom. The van der Waals surface area contributed by atoms with Gasteiger partial charge in [-0.1, -0.05) is 20.3 Å². The van der Waals surface area contributed by atoms with E-state index in [0.29, 0.717) is 17.4 Å². The van der Waals surface area contributed by atoms with Crippen LogP contribution in [0.2, 0.25) is 0 Å². The topological polar surface area (TPSA) is 61.7 Å². The van der Waals surface area contributed by atoms with E-state index in [-0.39, 0.29) is 11.7 Å². The first-order valence-electron chi connectivity index (χ1n) is 6.74. The molecule has 0 saturated heterocycles. The van der Waals surface area contributed by atoms with Gasteiger partial charge in [0.2, 0.25) is 0 Å². The standard InChI is InChI=1S/C15H20N2O2/c1-10-4-3-5-11(2)14(10)16-17-15(19)12-6-8-13(18)9-7-12/h6-11,18H,3-5H2,1-2H3,(H,17,19)/t10-,11+. The Morgan fingerprint density at radius 2 is 1.79 bits per heavy atom. The lowest BCUT2D eigenvalue weighted by atomic mass is 9.81. The van der Waals surface area contributed by atoms with Crippen molar-refractivity contribution in [1.82, 2.24) is 5.43 Å². The number of benzene rings is 1. The van der Waals surface area contributed by atoms with Crippen molar-refractivity contribution in [2.45, 2.75) is 33.1 Å². The van der Waals surface area contributed by atoms with Crippen LogP contribution in [0.25, 0.3) is 0 Å². The van der Waals surface area contributed by atoms with Gasteiger partial charge in [0, 0.05) is 11.3 Å². The summed E-state index contributed by atoms with van der Waals surface area (Å²) in [5.41, 5.74) is 4.20. The van der Waals surface area contributed by atoms with Crippen molar-refractivity contribution in [2.24, 2.45) is 16.9 Å². The fourth-order valence-electron chi connectivity index (χ4n) is 2.52. The first kappa shape index (κ1) is 13.6. The highest BCUT2D eigenvalue weighted by Crippen LogP contribution is 2.25. The molecular formula is C15H20N2O2. The second kappa shape index (κ2) is 5.87. The SMILES string of the molecule is C[C@@H]1CCC[C@H](C)C1=NNC(=O)c1ccc(O)cc1. The number of hydrazone groups is 1. The van der Waals surface area contributed by atoms with Crippen LogP contribution in [0, 0.1) is 11.8 Å². The minimum atomic E-state index is -0.238. The molecule has 1 aliphatic carbocycles. The molecule has 0 bridgehead atoms. The maximum Gasteiger partial charge on any atom is 0.271 e. The van der Waals surface area contributed by atoms with Crippen molar-refractivity contribution >= 4 is 11.6 Å². The van der Waals surface area contributed by atoms with E-state index >= 15 is 0 Å². The minimum absolute atomic E-state index is 0.150. The molecule has 1 aromatic carbocycles. The second-order valence-electron chi connectivity index (χ2n) is 5.26. The lowest BCUT2D eigenvalue weighted by molar-refractivity contribution is 0.0954. The second-order valence-corrected chi connectivity index (χ2v) is 5.26. The van der Waals surface area contributed by atoms with E-state index < -0.39 is 0 Å². The summed E-state index contributed by atoms with van der Waals surface area (Å²) >= 11 is 0. The third-order valence-corrected chi connectivity index (χ3v) is 3.70. The summed E-state index contributed by atoms with van der Waals surface area (Å²) in [6.07, 6.45) is 3.50. The number of carbonyl (C=O) groups is 1. The number of carbonyl (C=O) groups excluding carboxylic acids is 1. The van der Waals surface area contributed by atoms with Crippen LogP contribution in [-0.4, -0.2) is 16.7 Å². The van der Waals surface area contributed by atoms with Crippen LogP contribution in [0.5, 0.6) is 5.75 Å². The van der Waals surface area contributed by atoms with Gasteiger partial charge >= 0.3 is 0 Å². The summed E-state index contributed by atoms with van der Waals surface area (Å²) < 4.78 is 0. The monoisotopic (exact) mass is 260 g/mol. The number of phenols is 1. The molecule has 0 unspecified atom stereocenters. The Kier molecular flexibility index (Phi) is 4.20. The molecule has 19 heavy (non-hydrogen) atoms. The summed E-state index contributed by atoms with van der Waals surface area (Å²) in [5.74, 6) is 0.780. The van der Waals surface area contributed by atoms with Crippen LogP contribution in [0.15, 0.2) is 29.4 Å². The van der Waals surface area contributed by atoms with Crippen molar-refractivity contribution in [1.29, 1.82) is 0 Å². The van der Waals surface area contributed by atoms with Gasteiger partial charge in [0.05, 0.1) is 0 Å². The maximum absolute atomic E-state index is 11.9. The molecular weight excluding hydrogens is 240 g/mol. The zero-order valence-electron chi connectivity index (χ0n) is 11.4. The molecule has 0 heterocycles. The van der Waals surface area contributed by atoms with Crippen LogP contribution < -0.4 is 5.43 Å². The van der Waals surface area contributed by atoms with E-state index in [0.717, 1.165) is 18.6 Å². The third-order valence-electron chi connectivity index (χ3n) is 3.70. The Bertz CT molecular complexity index is 467. The van der Waals surface area contributed by atoms with Crippen LogP contribution in [0.4, 0.5) is 0 Å². The van der Waals surface area contributed by atoms with Gasteiger partial charge in [-0.25, -0.2) is 5.43 Å². The van der Waals surface area contributed by atoms with Crippen molar-refractivity contribution in [2.75, 3.05) is 0 Å². The van der Waals surface area contributed by atoms with Crippen molar-refractivity contribution in [3.63, 3.8) is 0 Å². The predicted octanol–water partition coefficient (Wildman–Crippen LogP) is 2.93. The van der Waals surface area contributed by atoms with Gasteiger partial charge in [0.1, 0.15) is 5.75 Å². The molecule has 1 aromatic rings. The van der Waals surface area contributed by atoms with Crippen LogP contribution in [0.3, 0.4) is 0 Å². The van der Waals surface area contributed by atoms with Gasteiger partial charge in [-0.2, -0.15) is 5.10 Å². The van der Waals surface area contributed by atoms with Crippen LogP contribution in [0.1, 0.15) is 43.5 Å². The molecule has 0 spiro atoms. The van der Waals surface area contributed by atoms with Gasteiger partial charge in [-0.05, 0) is 48.9 Å². The Balaban J connectivity index is 2.04. The zero-order valence-corrected chi connectivity index (χ0v) is 11.4. The van der Waals surface area contributed by atoms with Gasteiger partial charge in [-0.3, -0.25) is 4.79 Å². The summed E-state index contributed by atoms with van der Waals surface area (Å²) in [6.45, 7) is 4.31. The fourth-order valence-corrected chi connectivity index (χ4v) is 2.52. The molecule has 1 fully saturated rings. The van der Waals surface area contributed by atoms with E-state index in [2.05, 4.69) is 24.4 Å². The van der Waals surface area contributed by atoms with E-state index in [1.807, 2.05) is 0 Å². The Labute approximate surface area is 113 Å². The predicted molar refractivity (Wildman–Crippen MR) is 75.2 cm³/mol. The van der Waals surface area contributed by atoms with E-state index in [1.165, 1.54) is 18.6 Å². The molecule has 0 aromatic heterocycles. The van der Waals surface area contributed by atoms with Crippen molar-refractivity contribution < 1.29 is 9.90 Å². The number of aromatic hydroxyl groups is 1. The normalized spacial score (nSPS) is 25.3. The van der Waals surface area contributed by atoms with Gasteiger partial charge in [-0.15, -0.1) is 0 Å². The van der Waals surface area contributed by atoms with Gasteiger partial charge < -0.3 is 5.11 Å². The molecule has 1 aliphatic rings. The zero-order chi connectivity index (χ0) is 13.8. The summed E-state index contributed by atoms with van der Waals surface area (Å²) in [6, 6.07) is 6.15. The number of amides is 1. The maximum atomic E-state index is 11.9. The molecule has 1 saturated carbocycles. The Morgan fingerprint density at radius 3 is 2.37 bits per heavy atom. The quantitative estimate of drug-likeness (QED) is 0.803. The lowest BCUT2D eigenvalue weighted by Crippen LogP contribution is -2.29. The molecule has 0 aliphatic heterocycles. The first-order chi connectivity index (χ1) is 9.08. The number of hydrogen-bond donors (Lipinski definition) is 2. The largest absolute Gasteiger partial charge is 0.508 e. The summed E-state index contributed by atoms with van der Waals surface area (Å²) in [7, 11) is 0. The minimum Gasteiger partial charge on any atom is -0.508 e. The van der Waals surface area contributed by atoms with Gasteiger partial charge in [0.25, 0.3) is 5.91 Å². The number of hydrogen-bond acceptors (Lipinski definition) is 3. The Hall–Kier alpha value is -1.84. The van der Waals surface area contributed by atoms with E-state index in [4.69, 9.17) is 0 Å². The van der Waals surface area contributed by atoms with Gasteiger partial charge in [0.15, 0.2) is 0 Å². The summed E-state index contributed by atoms with van der Waals surface area (Å²) in [4.78, 5) is 11.9. The summed E-state index contributed by atoms with van der Waals surface area (Å²) in [5, 5.41) is 13.5. The number of nitrogens with zero attached hydrogens (tertiary/aromatic N) is 1. The number of phenolic OH excluding ortho intramolecular Hbond substituents is 1.